The molecule has 92 valence electrons. The Balaban J connectivity index is 2.04. The van der Waals surface area contributed by atoms with E-state index in [1.165, 1.54) is 12.1 Å². The Hall–Kier alpha value is -1.49. The number of halogens is 2. The smallest absolute Gasteiger partial charge is 0.227 e. The maximum absolute atomic E-state index is 13.3. The van der Waals surface area contributed by atoms with Crippen LogP contribution in [0.3, 0.4) is 0 Å². The lowest BCUT2D eigenvalue weighted by atomic mass is 9.88. The summed E-state index contributed by atoms with van der Waals surface area (Å²) in [4.78, 5) is 11.8. The summed E-state index contributed by atoms with van der Waals surface area (Å²) in [5.41, 5.74) is -0.103. The van der Waals surface area contributed by atoms with E-state index < -0.39 is 11.6 Å². The summed E-state index contributed by atoms with van der Waals surface area (Å²) in [6, 6.07) is 3.73. The molecule has 0 spiro atoms. The standard InChI is InChI=1S/C12H14F2N2O/c1-7(8-5-15-6-8)12(17)16-10-4-2-3-9(13)11(10)14/h2-4,7-8,15H,5-6H2,1H3,(H,16,17). The van der Waals surface area contributed by atoms with Gasteiger partial charge in [0.05, 0.1) is 5.69 Å². The molecular formula is C12H14F2N2O. The summed E-state index contributed by atoms with van der Waals surface area (Å²) < 4.78 is 26.3. The van der Waals surface area contributed by atoms with Crippen molar-refractivity contribution in [2.24, 2.45) is 11.8 Å². The maximum atomic E-state index is 13.3. The molecule has 0 bridgehead atoms. The summed E-state index contributed by atoms with van der Waals surface area (Å²) in [6.45, 7) is 3.37. The van der Waals surface area contributed by atoms with Gasteiger partial charge in [-0.25, -0.2) is 8.78 Å². The van der Waals surface area contributed by atoms with Crippen molar-refractivity contribution in [2.75, 3.05) is 18.4 Å². The second-order valence-electron chi connectivity index (χ2n) is 4.30. The molecule has 0 aromatic heterocycles. The third-order valence-corrected chi connectivity index (χ3v) is 3.14. The van der Waals surface area contributed by atoms with Gasteiger partial charge in [0.2, 0.25) is 5.91 Å². The van der Waals surface area contributed by atoms with E-state index in [0.29, 0.717) is 0 Å². The van der Waals surface area contributed by atoms with Gasteiger partial charge < -0.3 is 10.6 Å². The molecule has 0 radical (unpaired) electrons. The fourth-order valence-corrected chi connectivity index (χ4v) is 1.73. The highest BCUT2D eigenvalue weighted by molar-refractivity contribution is 5.92. The van der Waals surface area contributed by atoms with E-state index in [2.05, 4.69) is 10.6 Å². The molecule has 1 aromatic rings. The van der Waals surface area contributed by atoms with E-state index in [1.54, 1.807) is 6.92 Å². The first kappa shape index (κ1) is 12.0. The van der Waals surface area contributed by atoms with Crippen LogP contribution in [-0.4, -0.2) is 19.0 Å². The quantitative estimate of drug-likeness (QED) is 0.845. The minimum absolute atomic E-state index is 0.103. The topological polar surface area (TPSA) is 41.1 Å². The normalized spacial score (nSPS) is 17.4. The Kier molecular flexibility index (Phi) is 3.38. The molecule has 0 aliphatic carbocycles. The molecule has 1 saturated heterocycles. The zero-order valence-corrected chi connectivity index (χ0v) is 9.47. The molecule has 2 N–H and O–H groups in total. The fourth-order valence-electron chi connectivity index (χ4n) is 1.73. The molecule has 1 unspecified atom stereocenters. The van der Waals surface area contributed by atoms with E-state index in [1.807, 2.05) is 0 Å². The molecule has 1 atom stereocenters. The molecule has 1 aromatic carbocycles. The maximum Gasteiger partial charge on any atom is 0.227 e. The number of benzene rings is 1. The third kappa shape index (κ3) is 2.44. The molecule has 1 aliphatic rings. The Labute approximate surface area is 98.2 Å². The lowest BCUT2D eigenvalue weighted by Gasteiger charge is -2.31. The van der Waals surface area contributed by atoms with Gasteiger partial charge in [0.1, 0.15) is 0 Å². The molecule has 17 heavy (non-hydrogen) atoms. The Morgan fingerprint density at radius 2 is 2.18 bits per heavy atom. The molecule has 1 fully saturated rings. The van der Waals surface area contributed by atoms with Gasteiger partial charge in [0.25, 0.3) is 0 Å². The average Bonchev–Trinajstić information content (AvgIpc) is 2.22. The van der Waals surface area contributed by atoms with Gasteiger partial charge >= 0.3 is 0 Å². The van der Waals surface area contributed by atoms with Crippen LogP contribution in [0.25, 0.3) is 0 Å². The van der Waals surface area contributed by atoms with Crippen LogP contribution in [0.2, 0.25) is 0 Å². The molecule has 2 rings (SSSR count). The number of nitrogens with one attached hydrogen (secondary N) is 2. The summed E-state index contributed by atoms with van der Waals surface area (Å²) in [7, 11) is 0. The summed E-state index contributed by atoms with van der Waals surface area (Å²) in [6.07, 6.45) is 0. The van der Waals surface area contributed by atoms with Crippen LogP contribution in [0.5, 0.6) is 0 Å². The molecule has 1 aliphatic heterocycles. The molecular weight excluding hydrogens is 226 g/mol. The number of hydrogen-bond donors (Lipinski definition) is 2. The van der Waals surface area contributed by atoms with Crippen LogP contribution in [0, 0.1) is 23.5 Å². The van der Waals surface area contributed by atoms with Crippen molar-refractivity contribution in [3.8, 4) is 0 Å². The minimum Gasteiger partial charge on any atom is -0.323 e. The highest BCUT2D eigenvalue weighted by Gasteiger charge is 2.29. The predicted molar refractivity (Wildman–Crippen MR) is 60.5 cm³/mol. The van der Waals surface area contributed by atoms with E-state index in [-0.39, 0.29) is 23.4 Å². The van der Waals surface area contributed by atoms with Crippen LogP contribution < -0.4 is 10.6 Å². The van der Waals surface area contributed by atoms with Crippen molar-refractivity contribution in [1.29, 1.82) is 0 Å². The Morgan fingerprint density at radius 3 is 2.76 bits per heavy atom. The van der Waals surface area contributed by atoms with Crippen LogP contribution >= 0.6 is 0 Å². The number of anilines is 1. The minimum atomic E-state index is -1.01. The van der Waals surface area contributed by atoms with Crippen LogP contribution in [0.4, 0.5) is 14.5 Å². The fraction of sp³-hybridized carbons (Fsp3) is 0.417. The highest BCUT2D eigenvalue weighted by Crippen LogP contribution is 2.21. The lowest BCUT2D eigenvalue weighted by molar-refractivity contribution is -0.121. The SMILES string of the molecule is CC(C(=O)Nc1cccc(F)c1F)C1CNC1. The van der Waals surface area contributed by atoms with E-state index in [0.717, 1.165) is 19.2 Å². The van der Waals surface area contributed by atoms with Gasteiger partial charge in [-0.1, -0.05) is 13.0 Å². The van der Waals surface area contributed by atoms with Crippen molar-refractivity contribution in [2.45, 2.75) is 6.92 Å². The number of rotatable bonds is 3. The molecule has 1 heterocycles. The van der Waals surface area contributed by atoms with E-state index in [4.69, 9.17) is 0 Å². The molecule has 3 nitrogen and oxygen atoms in total. The summed E-state index contributed by atoms with van der Waals surface area (Å²) >= 11 is 0. The average molecular weight is 240 g/mol. The van der Waals surface area contributed by atoms with Crippen molar-refractivity contribution >= 4 is 11.6 Å². The lowest BCUT2D eigenvalue weighted by Crippen LogP contribution is -2.48. The number of hydrogen-bond acceptors (Lipinski definition) is 2. The Bertz CT molecular complexity index is 433. The van der Waals surface area contributed by atoms with Crippen molar-refractivity contribution in [3.63, 3.8) is 0 Å². The first-order chi connectivity index (χ1) is 8.09. The van der Waals surface area contributed by atoms with Gasteiger partial charge in [-0.2, -0.15) is 0 Å². The van der Waals surface area contributed by atoms with Gasteiger partial charge in [-0.3, -0.25) is 4.79 Å². The second-order valence-corrected chi connectivity index (χ2v) is 4.30. The van der Waals surface area contributed by atoms with Gasteiger partial charge in [-0.15, -0.1) is 0 Å². The highest BCUT2D eigenvalue weighted by atomic mass is 19.2. The van der Waals surface area contributed by atoms with Gasteiger partial charge in [0.15, 0.2) is 11.6 Å². The number of carbonyl (C=O) groups excluding carboxylic acids is 1. The monoisotopic (exact) mass is 240 g/mol. The molecule has 0 saturated carbocycles. The van der Waals surface area contributed by atoms with Crippen molar-refractivity contribution in [3.05, 3.63) is 29.8 Å². The van der Waals surface area contributed by atoms with Crippen LogP contribution in [-0.2, 0) is 4.79 Å². The summed E-state index contributed by atoms with van der Waals surface area (Å²) in [5.74, 6) is -2.19. The zero-order chi connectivity index (χ0) is 12.4. The number of carbonyl (C=O) groups is 1. The number of amides is 1. The second kappa shape index (κ2) is 4.79. The summed E-state index contributed by atoms with van der Waals surface area (Å²) in [5, 5.41) is 5.49. The van der Waals surface area contributed by atoms with Crippen LogP contribution in [0.1, 0.15) is 6.92 Å². The first-order valence-corrected chi connectivity index (χ1v) is 5.55. The van der Waals surface area contributed by atoms with Crippen molar-refractivity contribution < 1.29 is 13.6 Å². The van der Waals surface area contributed by atoms with E-state index in [9.17, 15) is 13.6 Å². The largest absolute Gasteiger partial charge is 0.323 e. The van der Waals surface area contributed by atoms with E-state index >= 15 is 0 Å². The first-order valence-electron chi connectivity index (χ1n) is 5.55. The molecule has 5 heteroatoms. The molecule has 1 amide bonds. The van der Waals surface area contributed by atoms with Gasteiger partial charge in [-0.05, 0) is 31.1 Å². The van der Waals surface area contributed by atoms with Crippen molar-refractivity contribution in [1.82, 2.24) is 5.32 Å². The van der Waals surface area contributed by atoms with Crippen LogP contribution in [0.15, 0.2) is 18.2 Å². The predicted octanol–water partition coefficient (Wildman–Crippen LogP) is 1.76. The third-order valence-electron chi connectivity index (χ3n) is 3.14. The Morgan fingerprint density at radius 1 is 1.47 bits per heavy atom. The zero-order valence-electron chi connectivity index (χ0n) is 9.47. The van der Waals surface area contributed by atoms with Gasteiger partial charge in [0, 0.05) is 5.92 Å².